The Hall–Kier alpha value is -2.52. The molecule has 15 nitrogen and oxygen atoms in total. The number of aliphatic hydroxyl groups is 3. The Morgan fingerprint density at radius 3 is 0.889 bits per heavy atom. The minimum atomic E-state index is -4.80. The van der Waals surface area contributed by atoms with Crippen molar-refractivity contribution in [3.05, 3.63) is 72.9 Å². The topological polar surface area (TPSA) is 225 Å². The lowest BCUT2D eigenvalue weighted by atomic mass is 10.1. The molecule has 0 aromatic heterocycles. The first-order valence-corrected chi connectivity index (χ1v) is 30.3. The summed E-state index contributed by atoms with van der Waals surface area (Å²) in [6, 6.07) is 0. The molecule has 0 aromatic rings. The van der Waals surface area contributed by atoms with E-state index in [1.165, 1.54) is 70.6 Å². The molecule has 0 aliphatic heterocycles. The maximum Gasteiger partial charge on any atom is 0.472 e. The van der Waals surface area contributed by atoms with Gasteiger partial charge in [0.1, 0.15) is 31.5 Å². The fourth-order valence-corrected chi connectivity index (χ4v) is 8.46. The van der Waals surface area contributed by atoms with E-state index in [1.54, 1.807) is 0 Å². The van der Waals surface area contributed by atoms with Crippen LogP contribution in [0.25, 0.3) is 0 Å². The molecule has 5 N–H and O–H groups in total. The van der Waals surface area contributed by atoms with Gasteiger partial charge in [-0.05, 0) is 89.9 Å². The summed E-state index contributed by atoms with van der Waals surface area (Å²) in [7, 11) is -9.59. The SMILES string of the molecule is CCCCC/C=C\C/C=C\C/C=C\CCCCCCCCCCC(=O)OCC(O)COP(=O)(O)OCC(O)COP(=O)(O)OCC(O)COC(=O)CCCCCCCC/C=C\C/C=C\C/C=C\CCCCC. The zero-order valence-corrected chi connectivity index (χ0v) is 46.1. The van der Waals surface area contributed by atoms with Gasteiger partial charge in [0.25, 0.3) is 0 Å². The third kappa shape index (κ3) is 52.3. The molecule has 0 bridgehead atoms. The van der Waals surface area contributed by atoms with E-state index in [4.69, 9.17) is 18.5 Å². The van der Waals surface area contributed by atoms with Crippen LogP contribution < -0.4 is 0 Å². The molecule has 0 radical (unpaired) electrons. The van der Waals surface area contributed by atoms with Gasteiger partial charge in [0, 0.05) is 12.8 Å². The van der Waals surface area contributed by atoms with E-state index in [2.05, 4.69) is 95.8 Å². The Bertz CT molecular complexity index is 1560. The number of ether oxygens (including phenoxy) is 2. The molecule has 17 heteroatoms. The monoisotopic (exact) mass is 1060 g/mol. The minimum Gasteiger partial charge on any atom is -0.463 e. The highest BCUT2D eigenvalue weighted by Crippen LogP contribution is 2.45. The number of phosphoric acid groups is 2. The van der Waals surface area contributed by atoms with Crippen LogP contribution in [-0.2, 0) is 46.3 Å². The van der Waals surface area contributed by atoms with Gasteiger partial charge in [0.15, 0.2) is 0 Å². The summed E-state index contributed by atoms with van der Waals surface area (Å²) in [5, 5.41) is 30.1. The molecule has 0 amide bonds. The van der Waals surface area contributed by atoms with Crippen LogP contribution in [0.2, 0.25) is 0 Å². The number of phosphoric ester groups is 2. The van der Waals surface area contributed by atoms with Gasteiger partial charge >= 0.3 is 27.6 Å². The summed E-state index contributed by atoms with van der Waals surface area (Å²) in [4.78, 5) is 43.9. The van der Waals surface area contributed by atoms with Crippen molar-refractivity contribution in [2.24, 2.45) is 0 Å². The van der Waals surface area contributed by atoms with Crippen LogP contribution in [0.5, 0.6) is 0 Å². The van der Waals surface area contributed by atoms with Crippen molar-refractivity contribution >= 4 is 27.6 Å². The lowest BCUT2D eigenvalue weighted by Crippen LogP contribution is -2.25. The first-order chi connectivity index (χ1) is 34.8. The maximum absolute atomic E-state index is 12.2. The minimum absolute atomic E-state index is 0.180. The molecule has 0 heterocycles. The molecule has 0 aromatic carbocycles. The smallest absolute Gasteiger partial charge is 0.463 e. The van der Waals surface area contributed by atoms with E-state index in [-0.39, 0.29) is 12.8 Å². The second-order valence-corrected chi connectivity index (χ2v) is 21.1. The van der Waals surface area contributed by atoms with Crippen molar-refractivity contribution in [2.45, 2.75) is 225 Å². The van der Waals surface area contributed by atoms with Gasteiger partial charge < -0.3 is 34.6 Å². The van der Waals surface area contributed by atoms with Gasteiger partial charge in [-0.2, -0.15) is 0 Å². The van der Waals surface area contributed by atoms with E-state index in [0.29, 0.717) is 12.8 Å². The quantitative estimate of drug-likeness (QED) is 0.0165. The number of unbranched alkanes of at least 4 members (excludes halogenated alkanes) is 20. The molecule has 0 saturated heterocycles. The van der Waals surface area contributed by atoms with E-state index >= 15 is 0 Å². The normalized spacial score (nSPS) is 15.4. The highest BCUT2D eigenvalue weighted by Gasteiger charge is 2.28. The average molecular weight is 1060 g/mol. The van der Waals surface area contributed by atoms with Crippen LogP contribution in [0.15, 0.2) is 72.9 Å². The number of aliphatic hydroxyl groups excluding tert-OH is 3. The van der Waals surface area contributed by atoms with Crippen LogP contribution in [0, 0.1) is 0 Å². The largest absolute Gasteiger partial charge is 0.472 e. The number of carbonyl (C=O) groups is 2. The number of esters is 2. The lowest BCUT2D eigenvalue weighted by molar-refractivity contribution is -0.148. The molecule has 418 valence electrons. The van der Waals surface area contributed by atoms with Gasteiger partial charge in [-0.1, -0.05) is 177 Å². The van der Waals surface area contributed by atoms with E-state index in [0.717, 1.165) is 96.3 Å². The zero-order valence-electron chi connectivity index (χ0n) is 44.3. The van der Waals surface area contributed by atoms with Crippen molar-refractivity contribution in [3.8, 4) is 0 Å². The Balaban J connectivity index is 3.87. The highest BCUT2D eigenvalue weighted by molar-refractivity contribution is 7.47. The van der Waals surface area contributed by atoms with Gasteiger partial charge in [0.2, 0.25) is 0 Å². The highest BCUT2D eigenvalue weighted by atomic mass is 31.2. The summed E-state index contributed by atoms with van der Waals surface area (Å²) in [6.45, 7) is 0.355. The van der Waals surface area contributed by atoms with Crippen LogP contribution >= 0.6 is 15.6 Å². The van der Waals surface area contributed by atoms with Crippen LogP contribution in [0.4, 0.5) is 0 Å². The molecular weight excluding hydrogens is 963 g/mol. The number of hydrogen-bond donors (Lipinski definition) is 5. The van der Waals surface area contributed by atoms with E-state index < -0.39 is 85.5 Å². The van der Waals surface area contributed by atoms with Crippen LogP contribution in [0.3, 0.4) is 0 Å². The number of hydrogen-bond acceptors (Lipinski definition) is 13. The summed E-state index contributed by atoms with van der Waals surface area (Å²) < 4.78 is 53.2. The second-order valence-electron chi connectivity index (χ2n) is 18.2. The Labute approximate surface area is 434 Å². The standard InChI is InChI=1S/C55H98O15P2/c1-3-5-7-9-11-13-15-17-19-21-23-24-26-28-30-32-34-36-38-40-42-44-55(60)66-46-52(57)48-68-72(63,64)70-50-53(58)49-69-71(61,62)67-47-51(56)45-65-54(59)43-41-39-37-35-33-31-29-27-25-22-20-18-16-14-12-10-8-6-4-2/h11-14,17-20,23-25,27,51-53,56-58H,3-10,15-16,21-22,26,28-50H2,1-2H3,(H,61,62)(H,63,64)/b13-11-,14-12-,19-17-,20-18-,24-23-,27-25-. The predicted octanol–water partition coefficient (Wildman–Crippen LogP) is 13.5. The first-order valence-electron chi connectivity index (χ1n) is 27.3. The zero-order chi connectivity index (χ0) is 53.1. The van der Waals surface area contributed by atoms with Crippen molar-refractivity contribution in [3.63, 3.8) is 0 Å². The van der Waals surface area contributed by atoms with Gasteiger partial charge in [-0.15, -0.1) is 0 Å². The summed E-state index contributed by atoms with van der Waals surface area (Å²) >= 11 is 0. The molecule has 0 fully saturated rings. The molecule has 0 rings (SSSR count). The average Bonchev–Trinajstić information content (AvgIpc) is 3.36. The molecule has 0 aliphatic carbocycles. The van der Waals surface area contributed by atoms with Crippen molar-refractivity contribution in [2.75, 3.05) is 39.6 Å². The maximum atomic E-state index is 12.2. The molecule has 5 unspecified atom stereocenters. The predicted molar refractivity (Wildman–Crippen MR) is 288 cm³/mol. The fourth-order valence-electron chi connectivity index (χ4n) is 6.87. The molecule has 0 saturated carbocycles. The van der Waals surface area contributed by atoms with Crippen molar-refractivity contribution in [1.82, 2.24) is 0 Å². The van der Waals surface area contributed by atoms with Gasteiger partial charge in [-0.25, -0.2) is 9.13 Å². The Kier molecular flexibility index (Phi) is 48.9. The third-order valence-corrected chi connectivity index (χ3v) is 13.0. The summed E-state index contributed by atoms with van der Waals surface area (Å²) in [6.07, 6.45) is 53.0. The second kappa shape index (κ2) is 50.6. The molecule has 72 heavy (non-hydrogen) atoms. The van der Waals surface area contributed by atoms with E-state index in [1.807, 2.05) is 0 Å². The Morgan fingerprint density at radius 2 is 0.597 bits per heavy atom. The Morgan fingerprint density at radius 1 is 0.361 bits per heavy atom. The number of carbonyl (C=O) groups excluding carboxylic acids is 2. The lowest BCUT2D eigenvalue weighted by Gasteiger charge is -2.19. The first kappa shape index (κ1) is 69.5. The van der Waals surface area contributed by atoms with Crippen molar-refractivity contribution in [1.29, 1.82) is 0 Å². The van der Waals surface area contributed by atoms with Crippen molar-refractivity contribution < 1.29 is 71.4 Å². The van der Waals surface area contributed by atoms with Crippen LogP contribution in [0.1, 0.15) is 206 Å². The summed E-state index contributed by atoms with van der Waals surface area (Å²) in [5.74, 6) is -1.01. The molecule has 0 spiro atoms. The van der Waals surface area contributed by atoms with E-state index in [9.17, 15) is 43.8 Å². The molecule has 5 atom stereocenters. The molecular formula is C55H98O15P2. The van der Waals surface area contributed by atoms with Gasteiger partial charge in [-0.3, -0.25) is 27.7 Å². The molecule has 0 aliphatic rings. The van der Waals surface area contributed by atoms with Gasteiger partial charge in [0.05, 0.1) is 26.4 Å². The number of allylic oxidation sites excluding steroid dienone is 12. The van der Waals surface area contributed by atoms with Crippen LogP contribution in [-0.4, -0.2) is 95.0 Å². The summed E-state index contributed by atoms with van der Waals surface area (Å²) in [5.41, 5.74) is 0. The third-order valence-electron chi connectivity index (χ3n) is 11.1. The number of rotatable bonds is 52. The fraction of sp³-hybridized carbons (Fsp3) is 0.745.